The van der Waals surface area contributed by atoms with Gasteiger partial charge in [0, 0.05) is 25.4 Å². The predicted molar refractivity (Wildman–Crippen MR) is 83.4 cm³/mol. The quantitative estimate of drug-likeness (QED) is 0.756. The van der Waals surface area contributed by atoms with Crippen molar-refractivity contribution in [3.8, 4) is 0 Å². The number of carbonyl (C=O) groups is 1. The van der Waals surface area contributed by atoms with Gasteiger partial charge in [-0.05, 0) is 12.1 Å². The lowest BCUT2D eigenvalue weighted by molar-refractivity contribution is 0.195. The molecule has 2 heterocycles. The van der Waals surface area contributed by atoms with Crippen molar-refractivity contribution in [2.45, 2.75) is 6.54 Å². The minimum Gasteiger partial charge on any atom is -0.395 e. The first-order valence-corrected chi connectivity index (χ1v) is 6.94. The Bertz CT molecular complexity index is 611. The van der Waals surface area contributed by atoms with Crippen LogP contribution in [0, 0.1) is 0 Å². The molecule has 7 heteroatoms. The molecule has 2 aromatic heterocycles. The molecule has 116 valence electrons. The summed E-state index contributed by atoms with van der Waals surface area (Å²) in [6.07, 6.45) is 4.94. The van der Waals surface area contributed by atoms with E-state index in [9.17, 15) is 4.79 Å². The van der Waals surface area contributed by atoms with Gasteiger partial charge in [-0.1, -0.05) is 12.1 Å². The zero-order valence-corrected chi connectivity index (χ0v) is 12.2. The van der Waals surface area contributed by atoms with Gasteiger partial charge in [0.1, 0.15) is 5.82 Å². The third-order valence-corrected chi connectivity index (χ3v) is 3.00. The lowest BCUT2D eigenvalue weighted by Crippen LogP contribution is -2.37. The summed E-state index contributed by atoms with van der Waals surface area (Å²) in [5.74, 6) is 0.572. The van der Waals surface area contributed by atoms with Crippen LogP contribution >= 0.6 is 0 Å². The average molecular weight is 301 g/mol. The van der Waals surface area contributed by atoms with Crippen LogP contribution in [0.2, 0.25) is 0 Å². The molecule has 2 rings (SSSR count). The lowest BCUT2D eigenvalue weighted by Gasteiger charge is -2.20. The summed E-state index contributed by atoms with van der Waals surface area (Å²) in [5.41, 5.74) is 0.847. The van der Waals surface area contributed by atoms with Crippen molar-refractivity contribution < 1.29 is 9.90 Å². The fraction of sp³-hybridized carbons (Fsp3) is 0.267. The van der Waals surface area contributed by atoms with E-state index in [4.69, 9.17) is 5.11 Å². The van der Waals surface area contributed by atoms with E-state index in [0.29, 0.717) is 18.9 Å². The first kappa shape index (κ1) is 15.7. The van der Waals surface area contributed by atoms with E-state index in [0.717, 1.165) is 5.69 Å². The van der Waals surface area contributed by atoms with Crippen LogP contribution in [0.4, 0.5) is 10.6 Å². The van der Waals surface area contributed by atoms with Crippen LogP contribution in [-0.4, -0.2) is 50.5 Å². The molecule has 0 spiro atoms. The molecule has 2 aromatic rings. The number of nitrogens with one attached hydrogen (secondary N) is 1. The van der Waals surface area contributed by atoms with Crippen LogP contribution < -0.4 is 5.32 Å². The molecule has 0 aromatic carbocycles. The van der Waals surface area contributed by atoms with E-state index in [1.165, 1.54) is 4.90 Å². The molecule has 0 aliphatic heterocycles. The molecule has 0 bridgehead atoms. The van der Waals surface area contributed by atoms with Gasteiger partial charge in [0.05, 0.1) is 25.0 Å². The van der Waals surface area contributed by atoms with Crippen molar-refractivity contribution in [3.05, 3.63) is 55.0 Å². The number of nitrogens with zero attached hydrogens (tertiary/aromatic N) is 4. The highest BCUT2D eigenvalue weighted by Gasteiger charge is 2.14. The Labute approximate surface area is 128 Å². The highest BCUT2D eigenvalue weighted by molar-refractivity contribution is 5.88. The normalized spacial score (nSPS) is 10.2. The van der Waals surface area contributed by atoms with Crippen molar-refractivity contribution in [2.24, 2.45) is 0 Å². The Morgan fingerprint density at radius 2 is 2.27 bits per heavy atom. The molecule has 0 unspecified atom stereocenters. The molecule has 0 saturated carbocycles. The molecule has 0 fully saturated rings. The van der Waals surface area contributed by atoms with Gasteiger partial charge in [0.25, 0.3) is 0 Å². The van der Waals surface area contributed by atoms with Gasteiger partial charge in [0.15, 0.2) is 0 Å². The highest BCUT2D eigenvalue weighted by atomic mass is 16.3. The van der Waals surface area contributed by atoms with E-state index in [1.807, 2.05) is 18.2 Å². The Balaban J connectivity index is 2.05. The molecule has 0 aliphatic rings. The summed E-state index contributed by atoms with van der Waals surface area (Å²) in [5, 5.41) is 16.0. The summed E-state index contributed by atoms with van der Waals surface area (Å²) in [6, 6.07) is 7.04. The number of aliphatic hydroxyl groups is 1. The number of carbonyl (C=O) groups excluding carboxylic acids is 1. The maximum Gasteiger partial charge on any atom is 0.323 e. The standard InChI is InChI=1S/C15H19N5O2/c1-2-9-19(10-11-21)15(22)18-14-6-8-17-20(14)12-13-5-3-4-7-16-13/h2-8,21H,1,9-12H2,(H,18,22). The van der Waals surface area contributed by atoms with E-state index in [1.54, 1.807) is 29.2 Å². The second-order valence-corrected chi connectivity index (χ2v) is 4.58. The second kappa shape index (κ2) is 7.94. The van der Waals surface area contributed by atoms with E-state index in [-0.39, 0.29) is 19.2 Å². The monoisotopic (exact) mass is 301 g/mol. The summed E-state index contributed by atoms with van der Waals surface area (Å²) >= 11 is 0. The van der Waals surface area contributed by atoms with Crippen molar-refractivity contribution in [1.82, 2.24) is 19.7 Å². The smallest absolute Gasteiger partial charge is 0.323 e. The zero-order valence-electron chi connectivity index (χ0n) is 12.2. The van der Waals surface area contributed by atoms with Crippen LogP contribution in [-0.2, 0) is 6.54 Å². The van der Waals surface area contributed by atoms with Crippen molar-refractivity contribution in [1.29, 1.82) is 0 Å². The Hall–Kier alpha value is -2.67. The molecule has 2 amide bonds. The third-order valence-electron chi connectivity index (χ3n) is 3.00. The first-order chi connectivity index (χ1) is 10.7. The summed E-state index contributed by atoms with van der Waals surface area (Å²) < 4.78 is 1.66. The van der Waals surface area contributed by atoms with Gasteiger partial charge in [-0.2, -0.15) is 5.10 Å². The van der Waals surface area contributed by atoms with Crippen molar-refractivity contribution in [3.63, 3.8) is 0 Å². The van der Waals surface area contributed by atoms with Crippen LogP contribution in [0.25, 0.3) is 0 Å². The Kier molecular flexibility index (Phi) is 5.67. The van der Waals surface area contributed by atoms with Gasteiger partial charge in [-0.3, -0.25) is 10.3 Å². The molecule has 2 N–H and O–H groups in total. The summed E-state index contributed by atoms with van der Waals surface area (Å²) in [7, 11) is 0. The fourth-order valence-corrected chi connectivity index (χ4v) is 1.95. The SMILES string of the molecule is C=CCN(CCO)C(=O)Nc1ccnn1Cc1ccccn1. The average Bonchev–Trinajstić information content (AvgIpc) is 2.95. The predicted octanol–water partition coefficient (Wildman–Crippen LogP) is 1.34. The maximum absolute atomic E-state index is 12.2. The molecule has 0 aliphatic carbocycles. The molecule has 7 nitrogen and oxygen atoms in total. The van der Waals surface area contributed by atoms with Gasteiger partial charge in [0.2, 0.25) is 0 Å². The summed E-state index contributed by atoms with van der Waals surface area (Å²) in [6.45, 7) is 4.57. The molecule has 0 saturated heterocycles. The number of pyridine rings is 1. The van der Waals surface area contributed by atoms with Crippen LogP contribution in [0.1, 0.15) is 5.69 Å². The number of rotatable bonds is 7. The van der Waals surface area contributed by atoms with Gasteiger partial charge in [-0.25, -0.2) is 9.48 Å². The van der Waals surface area contributed by atoms with Crippen molar-refractivity contribution >= 4 is 11.8 Å². The first-order valence-electron chi connectivity index (χ1n) is 6.94. The number of urea groups is 1. The van der Waals surface area contributed by atoms with Gasteiger partial charge < -0.3 is 10.0 Å². The molecule has 0 radical (unpaired) electrons. The number of anilines is 1. The van der Waals surface area contributed by atoms with Gasteiger partial charge in [-0.15, -0.1) is 6.58 Å². The molecular weight excluding hydrogens is 282 g/mol. The Morgan fingerprint density at radius 1 is 1.41 bits per heavy atom. The van der Waals surface area contributed by atoms with Gasteiger partial charge >= 0.3 is 6.03 Å². The number of hydrogen-bond donors (Lipinski definition) is 2. The number of aromatic nitrogens is 3. The zero-order chi connectivity index (χ0) is 15.8. The molecule has 22 heavy (non-hydrogen) atoms. The number of aliphatic hydroxyl groups excluding tert-OH is 1. The largest absolute Gasteiger partial charge is 0.395 e. The van der Waals surface area contributed by atoms with E-state index < -0.39 is 0 Å². The van der Waals surface area contributed by atoms with E-state index >= 15 is 0 Å². The maximum atomic E-state index is 12.2. The van der Waals surface area contributed by atoms with Crippen LogP contribution in [0.5, 0.6) is 0 Å². The van der Waals surface area contributed by atoms with Crippen LogP contribution in [0.15, 0.2) is 49.3 Å². The molecule has 0 atom stereocenters. The highest BCUT2D eigenvalue weighted by Crippen LogP contribution is 2.10. The van der Waals surface area contributed by atoms with E-state index in [2.05, 4.69) is 22.0 Å². The topological polar surface area (TPSA) is 83.3 Å². The molecular formula is C15H19N5O2. The van der Waals surface area contributed by atoms with Crippen LogP contribution in [0.3, 0.4) is 0 Å². The number of amides is 2. The number of hydrogen-bond acceptors (Lipinski definition) is 4. The summed E-state index contributed by atoms with van der Waals surface area (Å²) in [4.78, 5) is 17.9. The fourth-order valence-electron chi connectivity index (χ4n) is 1.95. The Morgan fingerprint density at radius 3 is 2.95 bits per heavy atom. The third kappa shape index (κ3) is 4.16. The minimum atomic E-state index is -0.309. The second-order valence-electron chi connectivity index (χ2n) is 4.58. The lowest BCUT2D eigenvalue weighted by atomic mass is 10.3. The minimum absolute atomic E-state index is 0.103. The van der Waals surface area contributed by atoms with Crippen molar-refractivity contribution in [2.75, 3.05) is 25.0 Å².